The van der Waals surface area contributed by atoms with Gasteiger partial charge in [-0.2, -0.15) is 0 Å². The lowest BCUT2D eigenvalue weighted by Gasteiger charge is -1.93. The number of rotatable bonds is 2. The minimum Gasteiger partial charge on any atom is -0.396 e. The predicted molar refractivity (Wildman–Crippen MR) is 52.3 cm³/mol. The van der Waals surface area contributed by atoms with Crippen LogP contribution in [0, 0.1) is 5.92 Å². The van der Waals surface area contributed by atoms with E-state index >= 15 is 0 Å². The van der Waals surface area contributed by atoms with Crippen molar-refractivity contribution in [3.63, 3.8) is 0 Å². The van der Waals surface area contributed by atoms with Crippen molar-refractivity contribution in [3.05, 3.63) is 20.3 Å². The second-order valence-corrected chi connectivity index (χ2v) is 5.35. The van der Waals surface area contributed by atoms with Crippen LogP contribution in [0.1, 0.15) is 17.9 Å². The maximum atomic E-state index is 8.86. The monoisotopic (exact) mass is 222 g/mol. The van der Waals surface area contributed by atoms with Gasteiger partial charge < -0.3 is 5.11 Å². The Bertz CT molecular complexity index is 297. The van der Waals surface area contributed by atoms with Gasteiger partial charge in [0.2, 0.25) is 0 Å². The molecule has 0 bridgehead atoms. The molecule has 1 heterocycles. The Kier molecular flexibility index (Phi) is 2.34. The minimum atomic E-state index is 0.258. The predicted octanol–water partition coefficient (Wildman–Crippen LogP) is 3.15. The second kappa shape index (κ2) is 3.18. The minimum absolute atomic E-state index is 0.258. The summed E-state index contributed by atoms with van der Waals surface area (Å²) < 4.78 is 1.51. The summed E-state index contributed by atoms with van der Waals surface area (Å²) in [5.41, 5.74) is 1.12. The summed E-state index contributed by atoms with van der Waals surface area (Å²) in [4.78, 5) is 0. The number of hydrogen-bond acceptors (Lipinski definition) is 2. The maximum Gasteiger partial charge on any atom is 0.0979 e. The number of aliphatic hydroxyl groups is 1. The molecule has 1 aliphatic carbocycles. The SMILES string of the molecule is OCC1CC1c1cc(Cl)sc1Cl. The van der Waals surface area contributed by atoms with Crippen molar-refractivity contribution in [1.82, 2.24) is 0 Å². The van der Waals surface area contributed by atoms with Crippen LogP contribution in [0.3, 0.4) is 0 Å². The maximum absolute atomic E-state index is 8.86. The highest BCUT2D eigenvalue weighted by Gasteiger charge is 2.39. The van der Waals surface area contributed by atoms with E-state index in [9.17, 15) is 0 Å². The van der Waals surface area contributed by atoms with E-state index in [0.717, 1.165) is 20.7 Å². The molecular formula is C8H8Cl2OS. The van der Waals surface area contributed by atoms with Crippen LogP contribution in [0.4, 0.5) is 0 Å². The van der Waals surface area contributed by atoms with E-state index in [2.05, 4.69) is 0 Å². The van der Waals surface area contributed by atoms with Crippen molar-refractivity contribution in [2.75, 3.05) is 6.61 Å². The highest BCUT2D eigenvalue weighted by Crippen LogP contribution is 2.51. The van der Waals surface area contributed by atoms with Crippen molar-refractivity contribution >= 4 is 34.5 Å². The third-order valence-corrected chi connectivity index (χ3v) is 3.76. The molecule has 1 aliphatic rings. The first-order chi connectivity index (χ1) is 5.72. The van der Waals surface area contributed by atoms with Gasteiger partial charge in [0, 0.05) is 6.61 Å². The van der Waals surface area contributed by atoms with Gasteiger partial charge in [0.1, 0.15) is 0 Å². The fourth-order valence-corrected chi connectivity index (χ4v) is 3.03. The average Bonchev–Trinajstić information content (AvgIpc) is 2.72. The van der Waals surface area contributed by atoms with Crippen molar-refractivity contribution in [1.29, 1.82) is 0 Å². The lowest BCUT2D eigenvalue weighted by atomic mass is 10.2. The molecule has 0 amide bonds. The molecule has 2 rings (SSSR count). The topological polar surface area (TPSA) is 20.2 Å². The van der Waals surface area contributed by atoms with Crippen molar-refractivity contribution in [3.8, 4) is 0 Å². The first-order valence-corrected chi connectivity index (χ1v) is 5.35. The molecule has 1 nitrogen and oxygen atoms in total. The molecule has 1 fully saturated rings. The Balaban J connectivity index is 2.19. The van der Waals surface area contributed by atoms with Crippen LogP contribution in [0.5, 0.6) is 0 Å². The molecule has 66 valence electrons. The van der Waals surface area contributed by atoms with E-state index in [-0.39, 0.29) is 6.61 Å². The molecule has 0 saturated heterocycles. The van der Waals surface area contributed by atoms with Gasteiger partial charge in [-0.1, -0.05) is 23.2 Å². The molecule has 1 saturated carbocycles. The summed E-state index contributed by atoms with van der Waals surface area (Å²) >= 11 is 13.2. The van der Waals surface area contributed by atoms with Crippen LogP contribution in [0.2, 0.25) is 8.67 Å². The standard InChI is InChI=1S/C8H8Cl2OS/c9-7-2-6(8(10)12-7)5-1-4(5)3-11/h2,4-5,11H,1,3H2. The van der Waals surface area contributed by atoms with Crippen LogP contribution in [-0.4, -0.2) is 11.7 Å². The fraction of sp³-hybridized carbons (Fsp3) is 0.500. The van der Waals surface area contributed by atoms with E-state index in [4.69, 9.17) is 28.3 Å². The average molecular weight is 223 g/mol. The molecule has 12 heavy (non-hydrogen) atoms. The lowest BCUT2D eigenvalue weighted by Crippen LogP contribution is -1.86. The summed E-state index contributed by atoms with van der Waals surface area (Å²) in [6, 6.07) is 1.91. The van der Waals surface area contributed by atoms with Crippen LogP contribution >= 0.6 is 34.5 Å². The van der Waals surface area contributed by atoms with Crippen LogP contribution in [-0.2, 0) is 0 Å². The van der Waals surface area contributed by atoms with E-state index in [1.54, 1.807) is 0 Å². The van der Waals surface area contributed by atoms with Crippen molar-refractivity contribution in [2.45, 2.75) is 12.3 Å². The number of hydrogen-bond donors (Lipinski definition) is 1. The van der Waals surface area contributed by atoms with Crippen molar-refractivity contribution in [2.24, 2.45) is 5.92 Å². The molecule has 1 aromatic heterocycles. The molecule has 2 unspecified atom stereocenters. The lowest BCUT2D eigenvalue weighted by molar-refractivity contribution is 0.274. The molecule has 1 aromatic rings. The first-order valence-electron chi connectivity index (χ1n) is 3.78. The Hall–Kier alpha value is 0.240. The van der Waals surface area contributed by atoms with Crippen LogP contribution < -0.4 is 0 Å². The second-order valence-electron chi connectivity index (χ2n) is 3.06. The smallest absolute Gasteiger partial charge is 0.0979 e. The summed E-state index contributed by atoms with van der Waals surface area (Å²) in [6.07, 6.45) is 1.04. The van der Waals surface area contributed by atoms with Crippen LogP contribution in [0.25, 0.3) is 0 Å². The summed E-state index contributed by atoms with van der Waals surface area (Å²) in [7, 11) is 0. The van der Waals surface area contributed by atoms with Crippen molar-refractivity contribution < 1.29 is 5.11 Å². The Morgan fingerprint density at radius 1 is 1.58 bits per heavy atom. The zero-order valence-electron chi connectivity index (χ0n) is 6.26. The largest absolute Gasteiger partial charge is 0.396 e. The number of aliphatic hydroxyl groups excluding tert-OH is 1. The van der Waals surface area contributed by atoms with Crippen LogP contribution in [0.15, 0.2) is 6.07 Å². The quantitative estimate of drug-likeness (QED) is 0.816. The van der Waals surface area contributed by atoms with Gasteiger partial charge >= 0.3 is 0 Å². The molecule has 4 heteroatoms. The van der Waals surface area contributed by atoms with Gasteiger partial charge in [-0.3, -0.25) is 0 Å². The molecule has 0 radical (unpaired) electrons. The normalized spacial score (nSPS) is 27.6. The number of thiophene rings is 1. The Labute approximate surface area is 84.9 Å². The highest BCUT2D eigenvalue weighted by molar-refractivity contribution is 7.20. The van der Waals surface area contributed by atoms with Gasteiger partial charge in [-0.05, 0) is 29.9 Å². The third-order valence-electron chi connectivity index (χ3n) is 2.24. The summed E-state index contributed by atoms with van der Waals surface area (Å²) in [5.74, 6) is 0.861. The summed E-state index contributed by atoms with van der Waals surface area (Å²) in [5, 5.41) is 8.86. The van der Waals surface area contributed by atoms with E-state index in [1.807, 2.05) is 6.07 Å². The Morgan fingerprint density at radius 2 is 2.33 bits per heavy atom. The first kappa shape index (κ1) is 8.82. The van der Waals surface area contributed by atoms with E-state index in [1.165, 1.54) is 11.3 Å². The molecule has 0 aliphatic heterocycles. The molecule has 0 spiro atoms. The zero-order valence-corrected chi connectivity index (χ0v) is 8.59. The highest BCUT2D eigenvalue weighted by atomic mass is 35.5. The van der Waals surface area contributed by atoms with E-state index in [0.29, 0.717) is 11.8 Å². The fourth-order valence-electron chi connectivity index (χ4n) is 1.44. The molecular weight excluding hydrogens is 215 g/mol. The van der Waals surface area contributed by atoms with Gasteiger partial charge in [-0.25, -0.2) is 0 Å². The van der Waals surface area contributed by atoms with Gasteiger partial charge in [0.05, 0.1) is 8.67 Å². The molecule has 2 atom stereocenters. The van der Waals surface area contributed by atoms with E-state index < -0.39 is 0 Å². The zero-order chi connectivity index (χ0) is 8.72. The van der Waals surface area contributed by atoms with Gasteiger partial charge in [0.15, 0.2) is 0 Å². The number of halogens is 2. The van der Waals surface area contributed by atoms with Gasteiger partial charge in [-0.15, -0.1) is 11.3 Å². The molecule has 1 N–H and O–H groups in total. The molecule has 0 aromatic carbocycles. The third kappa shape index (κ3) is 1.49. The Morgan fingerprint density at radius 3 is 2.75 bits per heavy atom. The van der Waals surface area contributed by atoms with Gasteiger partial charge in [0.25, 0.3) is 0 Å². The summed E-state index contributed by atoms with van der Waals surface area (Å²) in [6.45, 7) is 0.258.